The maximum atomic E-state index is 12.7. The number of carbonyl (C=O) groups is 2. The van der Waals surface area contributed by atoms with E-state index < -0.39 is 0 Å². The Kier molecular flexibility index (Phi) is 5.18. The highest BCUT2D eigenvalue weighted by atomic mass is 35.5. The fraction of sp³-hybridized carbons (Fsp3) is 0.500. The summed E-state index contributed by atoms with van der Waals surface area (Å²) < 4.78 is 0. The van der Waals surface area contributed by atoms with E-state index >= 15 is 0 Å². The average molecular weight is 294 g/mol. The zero-order chi connectivity index (χ0) is 14.5. The minimum absolute atomic E-state index is 0.0278. The van der Waals surface area contributed by atoms with Crippen LogP contribution in [0.5, 0.6) is 0 Å². The molecule has 1 saturated carbocycles. The van der Waals surface area contributed by atoms with E-state index in [4.69, 9.17) is 11.6 Å². The molecule has 0 unspecified atom stereocenters. The zero-order valence-corrected chi connectivity index (χ0v) is 12.5. The Hall–Kier alpha value is -1.35. The third-order valence-electron chi connectivity index (χ3n) is 3.83. The van der Waals surface area contributed by atoms with Gasteiger partial charge in [-0.05, 0) is 25.0 Å². The second-order valence-electron chi connectivity index (χ2n) is 5.19. The number of halogens is 1. The van der Waals surface area contributed by atoms with Gasteiger partial charge >= 0.3 is 0 Å². The van der Waals surface area contributed by atoms with Gasteiger partial charge in [0.25, 0.3) is 5.91 Å². The van der Waals surface area contributed by atoms with Crippen LogP contribution in [0.2, 0.25) is 5.02 Å². The van der Waals surface area contributed by atoms with E-state index in [9.17, 15) is 9.59 Å². The van der Waals surface area contributed by atoms with E-state index in [1.165, 1.54) is 11.3 Å². The van der Waals surface area contributed by atoms with Crippen molar-refractivity contribution in [3.8, 4) is 0 Å². The fourth-order valence-corrected chi connectivity index (χ4v) is 2.97. The number of amides is 2. The van der Waals surface area contributed by atoms with Crippen LogP contribution in [0.3, 0.4) is 0 Å². The number of benzene rings is 1. The molecule has 2 amide bonds. The maximum absolute atomic E-state index is 12.7. The number of hydrogen-bond acceptors (Lipinski definition) is 2. The topological polar surface area (TPSA) is 37.4 Å². The summed E-state index contributed by atoms with van der Waals surface area (Å²) >= 11 is 6.09. The molecule has 0 heterocycles. The van der Waals surface area contributed by atoms with Crippen LogP contribution < -0.4 is 0 Å². The summed E-state index contributed by atoms with van der Waals surface area (Å²) in [4.78, 5) is 26.3. The summed E-state index contributed by atoms with van der Waals surface area (Å²) in [5.41, 5.74) is 0.418. The van der Waals surface area contributed by atoms with Crippen LogP contribution in [0.25, 0.3) is 0 Å². The quantitative estimate of drug-likeness (QED) is 0.843. The van der Waals surface area contributed by atoms with Crippen LogP contribution in [-0.4, -0.2) is 22.8 Å². The van der Waals surface area contributed by atoms with Crippen molar-refractivity contribution in [2.24, 2.45) is 0 Å². The second-order valence-corrected chi connectivity index (χ2v) is 5.60. The average Bonchev–Trinajstić information content (AvgIpc) is 2.48. The smallest absolute Gasteiger partial charge is 0.262 e. The lowest BCUT2D eigenvalue weighted by Crippen LogP contribution is -2.45. The standard InChI is InChI=1S/C16H20ClNO2/c1-2-15(19)18(12-8-4-3-5-9-12)16(20)13-10-6-7-11-14(13)17/h6-7,10-12H,2-5,8-9H2,1H3. The van der Waals surface area contributed by atoms with Gasteiger partial charge in [0.2, 0.25) is 5.91 Å². The van der Waals surface area contributed by atoms with E-state index in [0.717, 1.165) is 25.7 Å². The zero-order valence-electron chi connectivity index (χ0n) is 11.8. The number of imide groups is 1. The molecule has 0 N–H and O–H groups in total. The van der Waals surface area contributed by atoms with Gasteiger partial charge in [-0.2, -0.15) is 0 Å². The Morgan fingerprint density at radius 2 is 1.85 bits per heavy atom. The number of rotatable bonds is 3. The molecule has 3 nitrogen and oxygen atoms in total. The van der Waals surface area contributed by atoms with E-state index in [0.29, 0.717) is 17.0 Å². The summed E-state index contributed by atoms with van der Waals surface area (Å²) in [5.74, 6) is -0.365. The molecule has 2 rings (SSSR count). The molecule has 1 aromatic rings. The van der Waals surface area contributed by atoms with Crippen LogP contribution in [0.15, 0.2) is 24.3 Å². The van der Waals surface area contributed by atoms with Crippen molar-refractivity contribution in [1.29, 1.82) is 0 Å². The molecular weight excluding hydrogens is 274 g/mol. The van der Waals surface area contributed by atoms with Crippen molar-refractivity contribution >= 4 is 23.4 Å². The molecule has 0 aliphatic heterocycles. The van der Waals surface area contributed by atoms with E-state index in [2.05, 4.69) is 0 Å². The molecule has 0 spiro atoms. The van der Waals surface area contributed by atoms with E-state index in [1.807, 2.05) is 0 Å². The van der Waals surface area contributed by atoms with Crippen molar-refractivity contribution < 1.29 is 9.59 Å². The highest BCUT2D eigenvalue weighted by Crippen LogP contribution is 2.26. The normalized spacial score (nSPS) is 15.9. The third-order valence-corrected chi connectivity index (χ3v) is 4.16. The largest absolute Gasteiger partial charge is 0.275 e. The van der Waals surface area contributed by atoms with E-state index in [1.54, 1.807) is 31.2 Å². The monoisotopic (exact) mass is 293 g/mol. The Bertz CT molecular complexity index is 495. The van der Waals surface area contributed by atoms with Crippen LogP contribution in [0.1, 0.15) is 55.8 Å². The molecule has 1 aliphatic rings. The summed E-state index contributed by atoms with van der Waals surface area (Å²) in [5, 5.41) is 0.405. The Morgan fingerprint density at radius 3 is 2.45 bits per heavy atom. The first-order valence-electron chi connectivity index (χ1n) is 7.26. The third kappa shape index (κ3) is 3.21. The molecule has 0 saturated heterocycles. The molecule has 0 atom stereocenters. The van der Waals surface area contributed by atoms with Gasteiger partial charge in [-0.1, -0.05) is 49.9 Å². The summed E-state index contributed by atoms with van der Waals surface area (Å²) in [7, 11) is 0. The van der Waals surface area contributed by atoms with Crippen LogP contribution in [0, 0.1) is 0 Å². The van der Waals surface area contributed by atoms with Gasteiger partial charge in [0.15, 0.2) is 0 Å². The Labute approximate surface area is 124 Å². The molecule has 0 bridgehead atoms. The SMILES string of the molecule is CCC(=O)N(C(=O)c1ccccc1Cl)C1CCCCC1. The Balaban J connectivity index is 2.28. The highest BCUT2D eigenvalue weighted by molar-refractivity contribution is 6.34. The van der Waals surface area contributed by atoms with Gasteiger partial charge in [-0.3, -0.25) is 14.5 Å². The number of hydrogen-bond donors (Lipinski definition) is 0. The molecule has 1 fully saturated rings. The van der Waals surface area contributed by atoms with Gasteiger partial charge < -0.3 is 0 Å². The molecule has 4 heteroatoms. The first-order chi connectivity index (χ1) is 9.65. The van der Waals surface area contributed by atoms with Crippen molar-refractivity contribution in [1.82, 2.24) is 4.90 Å². The number of carbonyl (C=O) groups excluding carboxylic acids is 2. The van der Waals surface area contributed by atoms with Gasteiger partial charge in [-0.15, -0.1) is 0 Å². The summed E-state index contributed by atoms with van der Waals surface area (Å²) in [6.07, 6.45) is 5.49. The minimum atomic E-state index is -0.255. The van der Waals surface area contributed by atoms with Gasteiger partial charge in [0.05, 0.1) is 10.6 Å². The van der Waals surface area contributed by atoms with Gasteiger partial charge in [0.1, 0.15) is 0 Å². The lowest BCUT2D eigenvalue weighted by molar-refractivity contribution is -0.130. The number of nitrogens with zero attached hydrogens (tertiary/aromatic N) is 1. The first-order valence-corrected chi connectivity index (χ1v) is 7.64. The second kappa shape index (κ2) is 6.89. The maximum Gasteiger partial charge on any atom is 0.262 e. The predicted octanol–water partition coefficient (Wildman–Crippen LogP) is 4.05. The van der Waals surface area contributed by atoms with Crippen LogP contribution in [0.4, 0.5) is 0 Å². The minimum Gasteiger partial charge on any atom is -0.275 e. The molecule has 0 aromatic heterocycles. The van der Waals surface area contributed by atoms with Gasteiger partial charge in [0, 0.05) is 12.5 Å². The van der Waals surface area contributed by atoms with Crippen molar-refractivity contribution in [2.45, 2.75) is 51.5 Å². The van der Waals surface area contributed by atoms with Gasteiger partial charge in [-0.25, -0.2) is 0 Å². The van der Waals surface area contributed by atoms with Crippen LogP contribution in [-0.2, 0) is 4.79 Å². The molecule has 20 heavy (non-hydrogen) atoms. The summed E-state index contributed by atoms with van der Waals surface area (Å²) in [6, 6.07) is 6.95. The van der Waals surface area contributed by atoms with Crippen molar-refractivity contribution in [3.63, 3.8) is 0 Å². The van der Waals surface area contributed by atoms with Crippen molar-refractivity contribution in [3.05, 3.63) is 34.9 Å². The molecule has 108 valence electrons. The first kappa shape index (κ1) is 15.0. The lowest BCUT2D eigenvalue weighted by Gasteiger charge is -2.33. The fourth-order valence-electron chi connectivity index (χ4n) is 2.76. The predicted molar refractivity (Wildman–Crippen MR) is 79.8 cm³/mol. The van der Waals surface area contributed by atoms with E-state index in [-0.39, 0.29) is 17.9 Å². The van der Waals surface area contributed by atoms with Crippen LogP contribution >= 0.6 is 11.6 Å². The molecule has 1 aliphatic carbocycles. The molecule has 0 radical (unpaired) electrons. The molecule has 1 aromatic carbocycles. The molecular formula is C16H20ClNO2. The van der Waals surface area contributed by atoms with Crippen molar-refractivity contribution in [2.75, 3.05) is 0 Å². The lowest BCUT2D eigenvalue weighted by atomic mass is 9.93. The highest BCUT2D eigenvalue weighted by Gasteiger charge is 2.31. The summed E-state index contributed by atoms with van der Waals surface area (Å²) in [6.45, 7) is 1.79. The Morgan fingerprint density at radius 1 is 1.20 bits per heavy atom.